The zero-order valence-corrected chi connectivity index (χ0v) is 11.9. The largest absolute Gasteiger partial charge is 0.503 e. The molecule has 0 amide bonds. The molecule has 0 aliphatic carbocycles. The average molecular weight is 291 g/mol. The van der Waals surface area contributed by atoms with Gasteiger partial charge < -0.3 is 19.2 Å². The third-order valence-electron chi connectivity index (χ3n) is 3.86. The molecule has 0 bridgehead atoms. The van der Waals surface area contributed by atoms with E-state index >= 15 is 0 Å². The maximum Gasteiger partial charge on any atom is 0.181 e. The lowest BCUT2D eigenvalue weighted by atomic mass is 9.99. The predicted octanol–water partition coefficient (Wildman–Crippen LogP) is 3.79. The summed E-state index contributed by atoms with van der Waals surface area (Å²) in [5, 5.41) is 10.4. The first-order chi connectivity index (χ1) is 10.2. The van der Waals surface area contributed by atoms with Crippen LogP contribution in [-0.4, -0.2) is 25.4 Å². The van der Waals surface area contributed by atoms with Crippen molar-refractivity contribution >= 4 is 11.4 Å². The smallest absolute Gasteiger partial charge is 0.181 e. The number of benzene rings is 1. The van der Waals surface area contributed by atoms with Crippen LogP contribution in [-0.2, 0) is 4.74 Å². The van der Waals surface area contributed by atoms with Gasteiger partial charge in [-0.25, -0.2) is 4.39 Å². The van der Waals surface area contributed by atoms with Gasteiger partial charge in [-0.2, -0.15) is 0 Å². The standard InChI is InChI=1S/C16H18FNO3/c1-18(13-6-2-5-12(17)8-13)14-10-21-16(15(14)19)11-4-3-7-20-9-11/h2,5-6,8,10-11,19H,3-4,7,9H2,1H3. The molecule has 3 rings (SSSR count). The summed E-state index contributed by atoms with van der Waals surface area (Å²) in [5.41, 5.74) is 1.18. The molecule has 112 valence electrons. The maximum atomic E-state index is 13.3. The highest BCUT2D eigenvalue weighted by Gasteiger charge is 2.26. The van der Waals surface area contributed by atoms with Crippen LogP contribution in [0.4, 0.5) is 15.8 Å². The van der Waals surface area contributed by atoms with Crippen LogP contribution in [0.3, 0.4) is 0 Å². The molecule has 1 atom stereocenters. The minimum Gasteiger partial charge on any atom is -0.503 e. The molecule has 21 heavy (non-hydrogen) atoms. The van der Waals surface area contributed by atoms with E-state index in [0.29, 0.717) is 23.7 Å². The quantitative estimate of drug-likeness (QED) is 0.934. The van der Waals surface area contributed by atoms with E-state index in [-0.39, 0.29) is 17.5 Å². The SMILES string of the molecule is CN(c1cccc(F)c1)c1coc(C2CCCOC2)c1O. The van der Waals surface area contributed by atoms with E-state index in [4.69, 9.17) is 9.15 Å². The molecule has 2 aromatic rings. The van der Waals surface area contributed by atoms with Crippen LogP contribution < -0.4 is 4.90 Å². The van der Waals surface area contributed by atoms with Crippen molar-refractivity contribution < 1.29 is 18.7 Å². The topological polar surface area (TPSA) is 45.8 Å². The second-order valence-electron chi connectivity index (χ2n) is 5.29. The van der Waals surface area contributed by atoms with E-state index in [1.807, 2.05) is 0 Å². The third kappa shape index (κ3) is 2.74. The molecule has 1 saturated heterocycles. The number of anilines is 2. The van der Waals surface area contributed by atoms with Crippen LogP contribution in [0.25, 0.3) is 0 Å². The lowest BCUT2D eigenvalue weighted by molar-refractivity contribution is 0.0731. The molecule has 1 aliphatic rings. The fraction of sp³-hybridized carbons (Fsp3) is 0.375. The Morgan fingerprint density at radius 1 is 1.38 bits per heavy atom. The number of ether oxygens (including phenoxy) is 1. The molecule has 0 spiro atoms. The van der Waals surface area contributed by atoms with Crippen molar-refractivity contribution in [2.24, 2.45) is 0 Å². The Bertz CT molecular complexity index is 620. The van der Waals surface area contributed by atoms with Gasteiger partial charge in [-0.3, -0.25) is 0 Å². The van der Waals surface area contributed by atoms with Crippen molar-refractivity contribution in [1.29, 1.82) is 0 Å². The highest BCUT2D eigenvalue weighted by molar-refractivity contribution is 5.68. The molecule has 0 radical (unpaired) electrons. The van der Waals surface area contributed by atoms with Gasteiger partial charge in [0.2, 0.25) is 0 Å². The van der Waals surface area contributed by atoms with Gasteiger partial charge in [0.25, 0.3) is 0 Å². The number of furan rings is 1. The molecule has 1 aromatic carbocycles. The number of hydrogen-bond donors (Lipinski definition) is 1. The van der Waals surface area contributed by atoms with Crippen molar-refractivity contribution in [1.82, 2.24) is 0 Å². The van der Waals surface area contributed by atoms with Crippen molar-refractivity contribution in [3.05, 3.63) is 42.1 Å². The van der Waals surface area contributed by atoms with E-state index in [1.54, 1.807) is 24.1 Å². The molecule has 4 nitrogen and oxygen atoms in total. The Hall–Kier alpha value is -2.01. The first-order valence-electron chi connectivity index (χ1n) is 7.04. The maximum absolute atomic E-state index is 13.3. The summed E-state index contributed by atoms with van der Waals surface area (Å²) in [4.78, 5) is 1.70. The summed E-state index contributed by atoms with van der Waals surface area (Å²) in [6, 6.07) is 6.21. The fourth-order valence-corrected chi connectivity index (χ4v) is 2.66. The monoisotopic (exact) mass is 291 g/mol. The minimum absolute atomic E-state index is 0.0772. The van der Waals surface area contributed by atoms with Crippen molar-refractivity contribution in [2.75, 3.05) is 25.2 Å². The van der Waals surface area contributed by atoms with Crippen LogP contribution in [0.15, 0.2) is 34.9 Å². The normalized spacial score (nSPS) is 18.7. The number of nitrogens with zero attached hydrogens (tertiary/aromatic N) is 1. The van der Waals surface area contributed by atoms with E-state index in [1.165, 1.54) is 18.4 Å². The molecule has 5 heteroatoms. The molecule has 1 aromatic heterocycles. The van der Waals surface area contributed by atoms with E-state index in [0.717, 1.165) is 19.4 Å². The summed E-state index contributed by atoms with van der Waals surface area (Å²) < 4.78 is 24.3. The lowest BCUT2D eigenvalue weighted by Crippen LogP contribution is -2.15. The zero-order valence-electron chi connectivity index (χ0n) is 11.9. The van der Waals surface area contributed by atoms with Gasteiger partial charge in [-0.1, -0.05) is 6.07 Å². The van der Waals surface area contributed by atoms with Gasteiger partial charge in [-0.05, 0) is 31.0 Å². The van der Waals surface area contributed by atoms with Crippen LogP contribution in [0, 0.1) is 5.82 Å². The van der Waals surface area contributed by atoms with Gasteiger partial charge in [-0.15, -0.1) is 0 Å². The average Bonchev–Trinajstić information content (AvgIpc) is 2.89. The van der Waals surface area contributed by atoms with Crippen molar-refractivity contribution in [2.45, 2.75) is 18.8 Å². The summed E-state index contributed by atoms with van der Waals surface area (Å²) >= 11 is 0. The molecule has 2 heterocycles. The lowest BCUT2D eigenvalue weighted by Gasteiger charge is -2.21. The molecule has 1 aliphatic heterocycles. The van der Waals surface area contributed by atoms with Gasteiger partial charge in [0.05, 0.1) is 6.61 Å². The van der Waals surface area contributed by atoms with Crippen molar-refractivity contribution in [3.8, 4) is 5.75 Å². The summed E-state index contributed by atoms with van der Waals surface area (Å²) in [5.74, 6) is 0.418. The third-order valence-corrected chi connectivity index (χ3v) is 3.86. The van der Waals surface area contributed by atoms with E-state index < -0.39 is 0 Å². The van der Waals surface area contributed by atoms with Gasteiger partial charge in [0.1, 0.15) is 17.8 Å². The molecule has 1 unspecified atom stereocenters. The van der Waals surface area contributed by atoms with Crippen molar-refractivity contribution in [3.63, 3.8) is 0 Å². The Balaban J connectivity index is 1.87. The number of aromatic hydroxyl groups is 1. The van der Waals surface area contributed by atoms with E-state index in [9.17, 15) is 9.50 Å². The highest BCUT2D eigenvalue weighted by atomic mass is 19.1. The predicted molar refractivity (Wildman–Crippen MR) is 77.6 cm³/mol. The number of rotatable bonds is 3. The van der Waals surface area contributed by atoms with Crippen LogP contribution in [0.1, 0.15) is 24.5 Å². The molecular formula is C16H18FNO3. The Morgan fingerprint density at radius 2 is 2.24 bits per heavy atom. The Morgan fingerprint density at radius 3 is 2.95 bits per heavy atom. The van der Waals surface area contributed by atoms with Gasteiger partial charge >= 0.3 is 0 Å². The zero-order chi connectivity index (χ0) is 14.8. The summed E-state index contributed by atoms with van der Waals surface area (Å²) in [6.45, 7) is 1.32. The van der Waals surface area contributed by atoms with Gasteiger partial charge in [0, 0.05) is 25.3 Å². The first-order valence-corrected chi connectivity index (χ1v) is 7.04. The molecule has 0 saturated carbocycles. The van der Waals surface area contributed by atoms with Crippen LogP contribution in [0.2, 0.25) is 0 Å². The second-order valence-corrected chi connectivity index (χ2v) is 5.29. The van der Waals surface area contributed by atoms with E-state index in [2.05, 4.69) is 0 Å². The highest BCUT2D eigenvalue weighted by Crippen LogP contribution is 2.41. The van der Waals surface area contributed by atoms with Crippen LogP contribution in [0.5, 0.6) is 5.75 Å². The molecule has 1 N–H and O–H groups in total. The number of hydrogen-bond acceptors (Lipinski definition) is 4. The molecule has 1 fully saturated rings. The molecular weight excluding hydrogens is 273 g/mol. The summed E-state index contributed by atoms with van der Waals surface area (Å²) in [6.07, 6.45) is 3.40. The Kier molecular flexibility index (Phi) is 3.84. The van der Waals surface area contributed by atoms with Crippen LogP contribution >= 0.6 is 0 Å². The second kappa shape index (κ2) is 5.77. The Labute approximate surface area is 122 Å². The number of halogens is 1. The fourth-order valence-electron chi connectivity index (χ4n) is 2.66. The first kappa shape index (κ1) is 13.9. The summed E-state index contributed by atoms with van der Waals surface area (Å²) in [7, 11) is 1.76. The van der Waals surface area contributed by atoms with Gasteiger partial charge in [0.15, 0.2) is 11.5 Å². The minimum atomic E-state index is -0.316.